The first-order valence-corrected chi connectivity index (χ1v) is 11.1. The van der Waals surface area contributed by atoms with Crippen LogP contribution >= 0.6 is 0 Å². The van der Waals surface area contributed by atoms with Gasteiger partial charge in [0.15, 0.2) is 5.52 Å². The zero-order valence-corrected chi connectivity index (χ0v) is 17.1. The molecule has 152 valence electrons. The van der Waals surface area contributed by atoms with Crippen molar-refractivity contribution in [3.63, 3.8) is 0 Å². The lowest BCUT2D eigenvalue weighted by Gasteiger charge is -2.30. The van der Waals surface area contributed by atoms with Crippen LogP contribution in [-0.2, 0) is 14.8 Å². The molecular weight excluding hydrogens is 392 g/mol. The Balaban J connectivity index is 1.60. The van der Waals surface area contributed by atoms with Gasteiger partial charge in [0.2, 0.25) is 15.9 Å². The molecule has 0 radical (unpaired) electrons. The molecule has 3 aromatic rings. The van der Waals surface area contributed by atoms with Crippen molar-refractivity contribution >= 4 is 21.1 Å². The van der Waals surface area contributed by atoms with Crippen LogP contribution in [0.2, 0.25) is 0 Å². The molecule has 0 N–H and O–H groups in total. The summed E-state index contributed by atoms with van der Waals surface area (Å²) in [6, 6.07) is 9.92. The maximum absolute atomic E-state index is 11.8. The molecular formula is C20H22N4O4S. The van der Waals surface area contributed by atoms with Crippen LogP contribution in [0.5, 0.6) is 5.88 Å². The molecule has 0 bridgehead atoms. The number of ether oxygens (including phenoxy) is 2. The van der Waals surface area contributed by atoms with E-state index in [1.165, 1.54) is 10.6 Å². The van der Waals surface area contributed by atoms with Crippen molar-refractivity contribution in [2.45, 2.75) is 13.0 Å². The van der Waals surface area contributed by atoms with E-state index >= 15 is 0 Å². The minimum absolute atomic E-state index is 0.169. The fourth-order valence-electron chi connectivity index (χ4n) is 3.18. The lowest BCUT2D eigenvalue weighted by atomic mass is 10.1. The van der Waals surface area contributed by atoms with Crippen molar-refractivity contribution in [2.75, 3.05) is 32.6 Å². The molecule has 0 saturated carbocycles. The Labute approximate surface area is 169 Å². The summed E-state index contributed by atoms with van der Waals surface area (Å²) in [4.78, 5) is 13.4. The molecule has 0 spiro atoms. The van der Waals surface area contributed by atoms with Crippen LogP contribution in [0, 0.1) is 6.92 Å². The van der Waals surface area contributed by atoms with E-state index in [4.69, 9.17) is 9.47 Å². The third-order valence-electron chi connectivity index (χ3n) is 4.75. The fourth-order valence-corrected chi connectivity index (χ4v) is 4.03. The molecule has 1 saturated heterocycles. The van der Waals surface area contributed by atoms with E-state index in [2.05, 4.69) is 15.0 Å². The summed E-state index contributed by atoms with van der Waals surface area (Å²) in [6.45, 7) is 3.13. The number of morpholine rings is 1. The molecule has 1 aliphatic heterocycles. The quantitative estimate of drug-likeness (QED) is 0.630. The number of nitrogens with zero attached hydrogens (tertiary/aromatic N) is 4. The molecule has 1 unspecified atom stereocenters. The van der Waals surface area contributed by atoms with Crippen LogP contribution in [0.4, 0.5) is 0 Å². The average Bonchev–Trinajstić information content (AvgIpc) is 2.72. The largest absolute Gasteiger partial charge is 0.473 e. The summed E-state index contributed by atoms with van der Waals surface area (Å²) >= 11 is 0. The Morgan fingerprint density at radius 2 is 1.97 bits per heavy atom. The van der Waals surface area contributed by atoms with Gasteiger partial charge in [-0.05, 0) is 13.0 Å². The number of fused-ring (bicyclic) bond motifs is 1. The van der Waals surface area contributed by atoms with Crippen LogP contribution in [-0.4, -0.2) is 66.3 Å². The number of rotatable bonds is 5. The molecule has 4 rings (SSSR count). The van der Waals surface area contributed by atoms with E-state index in [1.54, 1.807) is 12.4 Å². The van der Waals surface area contributed by atoms with Gasteiger partial charge in [-0.25, -0.2) is 18.4 Å². The van der Waals surface area contributed by atoms with Gasteiger partial charge in [0, 0.05) is 31.0 Å². The molecule has 1 fully saturated rings. The van der Waals surface area contributed by atoms with Gasteiger partial charge in [-0.15, -0.1) is 0 Å². The highest BCUT2D eigenvalue weighted by Gasteiger charge is 2.27. The number of benzene rings is 1. The van der Waals surface area contributed by atoms with Gasteiger partial charge in [-0.1, -0.05) is 29.8 Å². The van der Waals surface area contributed by atoms with Crippen molar-refractivity contribution in [1.82, 2.24) is 19.3 Å². The van der Waals surface area contributed by atoms with Crippen molar-refractivity contribution in [3.05, 3.63) is 48.3 Å². The van der Waals surface area contributed by atoms with Gasteiger partial charge in [0.05, 0.1) is 24.1 Å². The van der Waals surface area contributed by atoms with Crippen LogP contribution in [0.15, 0.2) is 42.7 Å². The summed E-state index contributed by atoms with van der Waals surface area (Å²) in [6.07, 6.45) is 4.03. The molecule has 3 heterocycles. The lowest BCUT2D eigenvalue weighted by molar-refractivity contribution is -0.0252. The third kappa shape index (κ3) is 4.52. The smallest absolute Gasteiger partial charge is 0.242 e. The summed E-state index contributed by atoms with van der Waals surface area (Å²) in [5, 5.41) is 0. The van der Waals surface area contributed by atoms with E-state index in [0.29, 0.717) is 30.1 Å². The second-order valence-corrected chi connectivity index (χ2v) is 9.01. The first kappa shape index (κ1) is 19.7. The van der Waals surface area contributed by atoms with Crippen molar-refractivity contribution < 1.29 is 17.9 Å². The monoisotopic (exact) mass is 414 g/mol. The molecule has 8 nitrogen and oxygen atoms in total. The minimum Gasteiger partial charge on any atom is -0.473 e. The zero-order chi connectivity index (χ0) is 20.4. The van der Waals surface area contributed by atoms with E-state index in [0.717, 1.165) is 16.8 Å². The van der Waals surface area contributed by atoms with Gasteiger partial charge in [0.25, 0.3) is 0 Å². The first-order valence-electron chi connectivity index (χ1n) is 9.28. The number of aromatic nitrogens is 3. The van der Waals surface area contributed by atoms with Crippen molar-refractivity contribution in [1.29, 1.82) is 0 Å². The number of hydrogen-bond acceptors (Lipinski definition) is 7. The summed E-state index contributed by atoms with van der Waals surface area (Å²) < 4.78 is 36.6. The Hall–Kier alpha value is -2.62. The molecule has 1 aliphatic rings. The first-order chi connectivity index (χ1) is 13.9. The maximum atomic E-state index is 11.8. The van der Waals surface area contributed by atoms with E-state index in [-0.39, 0.29) is 19.3 Å². The molecule has 0 amide bonds. The normalized spacial score (nSPS) is 18.1. The summed E-state index contributed by atoms with van der Waals surface area (Å²) in [5.41, 5.74) is 4.07. The maximum Gasteiger partial charge on any atom is 0.242 e. The SMILES string of the molecule is Cc1ccc(-c2cc3nccnc3c(OCC3CN(S(C)(=O)=O)CCO3)n2)cc1. The number of aryl methyl sites for hydroxylation is 1. The summed E-state index contributed by atoms with van der Waals surface area (Å²) in [7, 11) is -3.26. The zero-order valence-electron chi connectivity index (χ0n) is 16.3. The number of hydrogen-bond donors (Lipinski definition) is 0. The minimum atomic E-state index is -3.26. The van der Waals surface area contributed by atoms with Crippen LogP contribution < -0.4 is 4.74 Å². The lowest BCUT2D eigenvalue weighted by Crippen LogP contribution is -2.47. The summed E-state index contributed by atoms with van der Waals surface area (Å²) in [5.74, 6) is 0.353. The number of pyridine rings is 1. The Kier molecular flexibility index (Phi) is 5.44. The van der Waals surface area contributed by atoms with Crippen molar-refractivity contribution in [2.24, 2.45) is 0 Å². The van der Waals surface area contributed by atoms with Gasteiger partial charge < -0.3 is 9.47 Å². The molecule has 1 atom stereocenters. The Morgan fingerprint density at radius 1 is 1.21 bits per heavy atom. The average molecular weight is 414 g/mol. The Morgan fingerprint density at radius 3 is 2.72 bits per heavy atom. The topological polar surface area (TPSA) is 94.5 Å². The van der Waals surface area contributed by atoms with Crippen LogP contribution in [0.25, 0.3) is 22.3 Å². The molecule has 29 heavy (non-hydrogen) atoms. The van der Waals surface area contributed by atoms with Crippen LogP contribution in [0.1, 0.15) is 5.56 Å². The standard InChI is InChI=1S/C20H22N4O4S/c1-14-3-5-15(6-4-14)17-11-18-19(22-8-7-21-18)20(23-17)28-13-16-12-24(9-10-27-16)29(2,25)26/h3-8,11,16H,9-10,12-13H2,1-2H3. The molecule has 1 aromatic carbocycles. The molecule has 2 aromatic heterocycles. The predicted molar refractivity (Wildman–Crippen MR) is 109 cm³/mol. The van der Waals surface area contributed by atoms with Gasteiger partial charge in [-0.3, -0.25) is 4.98 Å². The van der Waals surface area contributed by atoms with E-state index in [9.17, 15) is 8.42 Å². The highest BCUT2D eigenvalue weighted by atomic mass is 32.2. The van der Waals surface area contributed by atoms with Crippen molar-refractivity contribution in [3.8, 4) is 17.1 Å². The third-order valence-corrected chi connectivity index (χ3v) is 6.02. The highest BCUT2D eigenvalue weighted by Crippen LogP contribution is 2.27. The second kappa shape index (κ2) is 8.02. The van der Waals surface area contributed by atoms with Gasteiger partial charge in [-0.2, -0.15) is 4.31 Å². The van der Waals surface area contributed by atoms with Gasteiger partial charge >= 0.3 is 0 Å². The van der Waals surface area contributed by atoms with Gasteiger partial charge in [0.1, 0.15) is 12.7 Å². The molecule has 0 aliphatic carbocycles. The second-order valence-electron chi connectivity index (χ2n) is 7.03. The molecule has 9 heteroatoms. The fraction of sp³-hybridized carbons (Fsp3) is 0.350. The van der Waals surface area contributed by atoms with E-state index < -0.39 is 10.0 Å². The van der Waals surface area contributed by atoms with E-state index in [1.807, 2.05) is 37.3 Å². The number of sulfonamides is 1. The Bertz CT molecular complexity index is 1120. The predicted octanol–water partition coefficient (Wildman–Crippen LogP) is 2.04. The highest BCUT2D eigenvalue weighted by molar-refractivity contribution is 7.88. The van der Waals surface area contributed by atoms with Crippen LogP contribution in [0.3, 0.4) is 0 Å².